The maximum absolute atomic E-state index is 12.5. The maximum atomic E-state index is 12.5. The van der Waals surface area contributed by atoms with Crippen molar-refractivity contribution < 1.29 is 19.5 Å². The van der Waals surface area contributed by atoms with E-state index in [-0.39, 0.29) is 18.3 Å². The Hall–Kier alpha value is -3.68. The molecule has 2 aromatic carbocycles. The Labute approximate surface area is 167 Å². The van der Waals surface area contributed by atoms with Gasteiger partial charge in [-0.1, -0.05) is 24.3 Å². The topological polar surface area (TPSA) is 113 Å². The van der Waals surface area contributed by atoms with Crippen LogP contribution in [0.3, 0.4) is 0 Å². The molecule has 0 saturated heterocycles. The van der Waals surface area contributed by atoms with Crippen molar-refractivity contribution in [2.75, 3.05) is 0 Å². The van der Waals surface area contributed by atoms with E-state index in [0.717, 1.165) is 28.0 Å². The molecule has 1 aliphatic rings. The molecule has 0 bridgehead atoms. The van der Waals surface area contributed by atoms with Gasteiger partial charge in [0.15, 0.2) is 0 Å². The van der Waals surface area contributed by atoms with Crippen molar-refractivity contribution in [3.8, 4) is 0 Å². The summed E-state index contributed by atoms with van der Waals surface area (Å²) in [5.41, 5.74) is 4.51. The van der Waals surface area contributed by atoms with Gasteiger partial charge in [0, 0.05) is 25.6 Å². The Kier molecular flexibility index (Phi) is 5.92. The second-order valence-corrected chi connectivity index (χ2v) is 6.75. The number of carbonyl (C=O) groups excluding carboxylic acids is 2. The first-order chi connectivity index (χ1) is 13.9. The lowest BCUT2D eigenvalue weighted by Gasteiger charge is -2.24. The molecule has 0 spiro atoms. The first kappa shape index (κ1) is 20.1. The summed E-state index contributed by atoms with van der Waals surface area (Å²) in [6.45, 7) is 2.11. The summed E-state index contributed by atoms with van der Waals surface area (Å²) in [6.07, 6.45) is 0.506. The molecule has 0 fully saturated rings. The van der Waals surface area contributed by atoms with Crippen molar-refractivity contribution in [2.45, 2.75) is 25.9 Å². The van der Waals surface area contributed by atoms with Crippen molar-refractivity contribution in [3.05, 3.63) is 65.0 Å². The van der Waals surface area contributed by atoms with Crippen LogP contribution in [0.15, 0.2) is 42.5 Å². The molecule has 3 aromatic rings. The van der Waals surface area contributed by atoms with Gasteiger partial charge in [0.2, 0.25) is 5.91 Å². The van der Waals surface area contributed by atoms with Crippen LogP contribution in [0.5, 0.6) is 0 Å². The molecule has 1 aromatic heterocycles. The van der Waals surface area contributed by atoms with Gasteiger partial charge >= 0.3 is 0 Å². The van der Waals surface area contributed by atoms with Gasteiger partial charge in [-0.05, 0) is 36.2 Å². The van der Waals surface area contributed by atoms with E-state index in [9.17, 15) is 9.59 Å². The van der Waals surface area contributed by atoms with Gasteiger partial charge < -0.3 is 20.3 Å². The highest BCUT2D eigenvalue weighted by Gasteiger charge is 2.28. The fourth-order valence-corrected chi connectivity index (χ4v) is 3.37. The smallest absolute Gasteiger partial charge is 0.290 e. The van der Waals surface area contributed by atoms with E-state index < -0.39 is 6.04 Å². The lowest BCUT2D eigenvalue weighted by molar-refractivity contribution is -0.123. The minimum absolute atomic E-state index is 0.176. The number of fused-ring (bicyclic) bond motifs is 2. The normalized spacial score (nSPS) is 15.0. The average Bonchev–Trinajstić information content (AvgIpc) is 3.00. The van der Waals surface area contributed by atoms with Gasteiger partial charge in [-0.25, -0.2) is 4.98 Å². The number of imidazole rings is 1. The number of carboxylic acid groups (broad SMARTS) is 1. The molecule has 2 heterocycles. The number of nitrogens with zero attached hydrogens (tertiary/aromatic N) is 2. The molecule has 0 saturated carbocycles. The van der Waals surface area contributed by atoms with Gasteiger partial charge in [-0.3, -0.25) is 14.4 Å². The Balaban J connectivity index is 0.000000755. The maximum Gasteiger partial charge on any atom is 0.290 e. The van der Waals surface area contributed by atoms with Crippen molar-refractivity contribution in [1.82, 2.24) is 20.2 Å². The summed E-state index contributed by atoms with van der Waals surface area (Å²) in [4.78, 5) is 37.5. The number of carbonyl (C=O) groups is 3. The number of rotatable bonds is 3. The van der Waals surface area contributed by atoms with E-state index >= 15 is 0 Å². The third-order valence-corrected chi connectivity index (χ3v) is 4.94. The summed E-state index contributed by atoms with van der Waals surface area (Å²) >= 11 is 0. The molecule has 2 amide bonds. The first-order valence-electron chi connectivity index (χ1n) is 9.11. The molecular weight excluding hydrogens is 372 g/mol. The van der Waals surface area contributed by atoms with E-state index in [2.05, 4.69) is 15.6 Å². The molecule has 1 aliphatic heterocycles. The molecule has 0 radical (unpaired) electrons. The van der Waals surface area contributed by atoms with E-state index in [0.29, 0.717) is 18.5 Å². The molecular formula is C21H22N4O4. The van der Waals surface area contributed by atoms with Crippen LogP contribution < -0.4 is 10.6 Å². The quantitative estimate of drug-likeness (QED) is 0.584. The number of aryl methyl sites for hydroxylation is 2. The summed E-state index contributed by atoms with van der Waals surface area (Å²) in [6, 6.07) is 12.8. The van der Waals surface area contributed by atoms with Crippen LogP contribution in [-0.4, -0.2) is 39.0 Å². The fraction of sp³-hybridized carbons (Fsp3) is 0.238. The van der Waals surface area contributed by atoms with Crippen LogP contribution in [0.4, 0.5) is 0 Å². The predicted octanol–water partition coefficient (Wildman–Crippen LogP) is 1.55. The highest BCUT2D eigenvalue weighted by Crippen LogP contribution is 2.18. The van der Waals surface area contributed by atoms with E-state index in [1.165, 1.54) is 0 Å². The highest BCUT2D eigenvalue weighted by molar-refractivity contribution is 6.00. The minimum atomic E-state index is -0.543. The molecule has 4 rings (SSSR count). The SMILES string of the molecule is Cc1nc2cc(CNC(=O)C3Cc4ccccc4C(=O)N3)ccc2n1C.O=CO. The predicted molar refractivity (Wildman–Crippen MR) is 107 cm³/mol. The van der Waals surface area contributed by atoms with Gasteiger partial charge in [-0.2, -0.15) is 0 Å². The third kappa shape index (κ3) is 4.26. The largest absolute Gasteiger partial charge is 0.483 e. The lowest BCUT2D eigenvalue weighted by Crippen LogP contribution is -2.50. The van der Waals surface area contributed by atoms with Crippen molar-refractivity contribution >= 4 is 29.3 Å². The number of benzene rings is 2. The average molecular weight is 394 g/mol. The first-order valence-corrected chi connectivity index (χ1v) is 9.11. The molecule has 1 unspecified atom stereocenters. The van der Waals surface area contributed by atoms with Crippen LogP contribution in [-0.2, 0) is 29.6 Å². The number of hydrogen-bond donors (Lipinski definition) is 3. The summed E-state index contributed by atoms with van der Waals surface area (Å²) < 4.78 is 2.03. The van der Waals surface area contributed by atoms with Crippen LogP contribution in [0.1, 0.15) is 27.3 Å². The summed E-state index contributed by atoms with van der Waals surface area (Å²) in [7, 11) is 1.98. The van der Waals surface area contributed by atoms with Crippen molar-refractivity contribution in [1.29, 1.82) is 0 Å². The zero-order chi connectivity index (χ0) is 21.0. The van der Waals surface area contributed by atoms with Crippen LogP contribution in [0, 0.1) is 6.92 Å². The molecule has 150 valence electrons. The molecule has 3 N–H and O–H groups in total. The number of hydrogen-bond acceptors (Lipinski definition) is 4. The van der Waals surface area contributed by atoms with Crippen molar-refractivity contribution in [3.63, 3.8) is 0 Å². The Morgan fingerprint density at radius 3 is 2.83 bits per heavy atom. The highest BCUT2D eigenvalue weighted by atomic mass is 16.3. The van der Waals surface area contributed by atoms with Crippen LogP contribution in [0.2, 0.25) is 0 Å². The Bertz CT molecular complexity index is 1070. The monoisotopic (exact) mass is 394 g/mol. The number of aromatic nitrogens is 2. The standard InChI is InChI=1S/C20H20N4O2.CH2O2/c1-12-22-16-9-13(7-8-18(16)24(12)2)11-21-20(26)17-10-14-5-3-4-6-15(14)19(25)23-17;2-1-3/h3-9,17H,10-11H2,1-2H3,(H,21,26)(H,23,25);1H,(H,2,3). The van der Waals surface area contributed by atoms with E-state index in [1.54, 1.807) is 6.07 Å². The minimum Gasteiger partial charge on any atom is -0.483 e. The zero-order valence-corrected chi connectivity index (χ0v) is 16.2. The number of nitrogens with one attached hydrogen (secondary N) is 2. The second-order valence-electron chi connectivity index (χ2n) is 6.75. The Morgan fingerprint density at radius 1 is 1.34 bits per heavy atom. The molecule has 1 atom stereocenters. The van der Waals surface area contributed by atoms with Crippen molar-refractivity contribution in [2.24, 2.45) is 7.05 Å². The van der Waals surface area contributed by atoms with Gasteiger partial charge in [0.05, 0.1) is 11.0 Å². The third-order valence-electron chi connectivity index (χ3n) is 4.94. The summed E-state index contributed by atoms with van der Waals surface area (Å²) in [5, 5.41) is 12.6. The second kappa shape index (κ2) is 8.55. The number of amides is 2. The van der Waals surface area contributed by atoms with Crippen LogP contribution >= 0.6 is 0 Å². The van der Waals surface area contributed by atoms with E-state index in [1.807, 2.05) is 54.9 Å². The van der Waals surface area contributed by atoms with Gasteiger partial charge in [0.1, 0.15) is 11.9 Å². The summed E-state index contributed by atoms with van der Waals surface area (Å²) in [5.74, 6) is 0.576. The molecule has 8 nitrogen and oxygen atoms in total. The van der Waals surface area contributed by atoms with Gasteiger partial charge in [-0.15, -0.1) is 0 Å². The lowest BCUT2D eigenvalue weighted by atomic mass is 9.95. The van der Waals surface area contributed by atoms with E-state index in [4.69, 9.17) is 9.90 Å². The van der Waals surface area contributed by atoms with Crippen LogP contribution in [0.25, 0.3) is 11.0 Å². The molecule has 8 heteroatoms. The fourth-order valence-electron chi connectivity index (χ4n) is 3.37. The zero-order valence-electron chi connectivity index (χ0n) is 16.2. The Morgan fingerprint density at radius 2 is 2.07 bits per heavy atom. The molecule has 0 aliphatic carbocycles. The van der Waals surface area contributed by atoms with Gasteiger partial charge in [0.25, 0.3) is 12.4 Å². The molecule has 29 heavy (non-hydrogen) atoms.